The molecule has 2 aliphatic heterocycles. The minimum Gasteiger partial charge on any atom is -0.459 e. The second-order valence-corrected chi connectivity index (χ2v) is 11.3. The highest BCUT2D eigenvalue weighted by Gasteiger charge is 2.83. The van der Waals surface area contributed by atoms with Gasteiger partial charge in [-0.15, -0.1) is 0 Å². The topological polar surface area (TPSA) is 160 Å². The lowest BCUT2D eigenvalue weighted by molar-refractivity contribution is -0.311. The van der Waals surface area contributed by atoms with Crippen LogP contribution in [0.2, 0.25) is 0 Å². The van der Waals surface area contributed by atoms with Crippen molar-refractivity contribution in [2.75, 3.05) is 6.61 Å². The highest BCUT2D eigenvalue weighted by Crippen LogP contribution is 2.73. The number of fused-ring (bicyclic) bond motifs is 1. The Balaban J connectivity index is 1.70. The molecular weight excluding hydrogens is 460 g/mol. The van der Waals surface area contributed by atoms with Crippen LogP contribution in [0.3, 0.4) is 0 Å². The molecule has 3 aliphatic carbocycles. The summed E-state index contributed by atoms with van der Waals surface area (Å²) in [5.41, 5.74) is -3.70. The SMILES string of the molecule is C=C1[C@@H](O)[C@]2(O)OC[C@@]34[C@H]1[C@@H](OC(=O)[C@@](C)(O)CC)C(=O)O[C@@H]3C[C@H]1C(C)=CC(=O)[C@@H](O)[C@]1(C)[C@@H]24. The first kappa shape index (κ1) is 24.6. The molecule has 2 bridgehead atoms. The number of ether oxygens (including phenoxy) is 3. The Labute approximate surface area is 202 Å². The summed E-state index contributed by atoms with van der Waals surface area (Å²) in [6.07, 6.45) is -3.98. The van der Waals surface area contributed by atoms with Gasteiger partial charge >= 0.3 is 11.9 Å². The van der Waals surface area contributed by atoms with E-state index >= 15 is 0 Å². The number of hydrogen-bond donors (Lipinski definition) is 4. The predicted molar refractivity (Wildman–Crippen MR) is 117 cm³/mol. The second kappa shape index (κ2) is 7.23. The van der Waals surface area contributed by atoms with Gasteiger partial charge in [-0.25, -0.2) is 9.59 Å². The monoisotopic (exact) mass is 492 g/mol. The van der Waals surface area contributed by atoms with E-state index in [4.69, 9.17) is 14.2 Å². The number of aliphatic hydroxyl groups excluding tert-OH is 2. The molecule has 2 saturated carbocycles. The number of allylic oxidation sites excluding steroid dienone is 1. The van der Waals surface area contributed by atoms with E-state index in [2.05, 4.69) is 6.58 Å². The number of ketones is 1. The normalized spacial score (nSPS) is 49.9. The smallest absolute Gasteiger partial charge is 0.348 e. The molecule has 2 saturated heterocycles. The molecule has 4 N–H and O–H groups in total. The van der Waals surface area contributed by atoms with Crippen LogP contribution in [0.25, 0.3) is 0 Å². The van der Waals surface area contributed by atoms with Crippen molar-refractivity contribution in [3.8, 4) is 0 Å². The third-order valence-corrected chi connectivity index (χ3v) is 9.58. The Morgan fingerprint density at radius 3 is 2.60 bits per heavy atom. The molecule has 4 fully saturated rings. The van der Waals surface area contributed by atoms with Crippen LogP contribution < -0.4 is 0 Å². The highest BCUT2D eigenvalue weighted by molar-refractivity contribution is 5.96. The summed E-state index contributed by atoms with van der Waals surface area (Å²) in [6, 6.07) is 0. The third-order valence-electron chi connectivity index (χ3n) is 9.58. The Kier molecular flexibility index (Phi) is 5.07. The van der Waals surface area contributed by atoms with Crippen LogP contribution in [0.15, 0.2) is 23.8 Å². The van der Waals surface area contributed by atoms with E-state index < -0.39 is 82.1 Å². The summed E-state index contributed by atoms with van der Waals surface area (Å²) in [5.74, 6) is -7.21. The Morgan fingerprint density at radius 1 is 1.31 bits per heavy atom. The minimum absolute atomic E-state index is 0.0285. The van der Waals surface area contributed by atoms with E-state index in [1.807, 2.05) is 0 Å². The van der Waals surface area contributed by atoms with Gasteiger partial charge in [0.2, 0.25) is 6.10 Å². The van der Waals surface area contributed by atoms with Gasteiger partial charge in [0.25, 0.3) is 0 Å². The van der Waals surface area contributed by atoms with Crippen LogP contribution >= 0.6 is 0 Å². The van der Waals surface area contributed by atoms with E-state index in [1.165, 1.54) is 13.0 Å². The average Bonchev–Trinajstić information content (AvgIpc) is 3.08. The number of aliphatic hydroxyl groups is 4. The number of esters is 2. The largest absolute Gasteiger partial charge is 0.459 e. The molecule has 10 heteroatoms. The zero-order chi connectivity index (χ0) is 25.9. The van der Waals surface area contributed by atoms with Crippen molar-refractivity contribution in [2.24, 2.45) is 28.6 Å². The summed E-state index contributed by atoms with van der Waals surface area (Å²) < 4.78 is 17.2. The number of carbonyl (C=O) groups is 3. The fourth-order valence-corrected chi connectivity index (χ4v) is 7.69. The number of hydrogen-bond acceptors (Lipinski definition) is 10. The molecule has 0 radical (unpaired) electrons. The number of carbonyl (C=O) groups excluding carboxylic acids is 3. The predicted octanol–water partition coefficient (Wildman–Crippen LogP) is -0.231. The van der Waals surface area contributed by atoms with Crippen LogP contribution in [0.1, 0.15) is 40.5 Å². The third kappa shape index (κ3) is 2.74. The van der Waals surface area contributed by atoms with Crippen molar-refractivity contribution in [3.63, 3.8) is 0 Å². The maximum Gasteiger partial charge on any atom is 0.348 e. The fourth-order valence-electron chi connectivity index (χ4n) is 7.69. The van der Waals surface area contributed by atoms with Crippen molar-refractivity contribution in [3.05, 3.63) is 23.8 Å². The van der Waals surface area contributed by atoms with Gasteiger partial charge in [-0.3, -0.25) is 4.79 Å². The molecule has 2 heterocycles. The van der Waals surface area contributed by atoms with Crippen molar-refractivity contribution in [2.45, 2.75) is 76.3 Å². The molecule has 192 valence electrons. The first-order valence-corrected chi connectivity index (χ1v) is 11.9. The summed E-state index contributed by atoms with van der Waals surface area (Å²) in [5, 5.41) is 44.6. The van der Waals surface area contributed by atoms with Gasteiger partial charge < -0.3 is 34.6 Å². The van der Waals surface area contributed by atoms with E-state index in [0.717, 1.165) is 0 Å². The van der Waals surface area contributed by atoms with Gasteiger partial charge in [-0.1, -0.05) is 26.0 Å². The van der Waals surface area contributed by atoms with Crippen molar-refractivity contribution >= 4 is 17.7 Å². The van der Waals surface area contributed by atoms with E-state index in [0.29, 0.717) is 5.57 Å². The van der Waals surface area contributed by atoms with Gasteiger partial charge in [-0.2, -0.15) is 0 Å². The lowest BCUT2D eigenvalue weighted by Crippen LogP contribution is -2.76. The van der Waals surface area contributed by atoms with E-state index in [-0.39, 0.29) is 25.0 Å². The molecule has 35 heavy (non-hydrogen) atoms. The van der Waals surface area contributed by atoms with Crippen molar-refractivity contribution in [1.82, 2.24) is 0 Å². The summed E-state index contributed by atoms with van der Waals surface area (Å²) in [4.78, 5) is 38.7. The molecule has 10 nitrogen and oxygen atoms in total. The zero-order valence-electron chi connectivity index (χ0n) is 20.2. The van der Waals surface area contributed by atoms with Gasteiger partial charge in [0.15, 0.2) is 17.2 Å². The zero-order valence-corrected chi connectivity index (χ0v) is 20.2. The van der Waals surface area contributed by atoms with Crippen LogP contribution in [0, 0.1) is 28.6 Å². The van der Waals surface area contributed by atoms with Crippen molar-refractivity contribution < 1.29 is 49.0 Å². The van der Waals surface area contributed by atoms with Crippen LogP contribution in [-0.2, 0) is 28.6 Å². The average molecular weight is 493 g/mol. The Morgan fingerprint density at radius 2 is 1.97 bits per heavy atom. The van der Waals surface area contributed by atoms with E-state index in [9.17, 15) is 34.8 Å². The molecule has 0 aromatic rings. The molecule has 0 unspecified atom stereocenters. The summed E-state index contributed by atoms with van der Waals surface area (Å²) >= 11 is 0. The lowest BCUT2D eigenvalue weighted by atomic mass is 9.38. The molecule has 0 amide bonds. The van der Waals surface area contributed by atoms with Crippen LogP contribution in [-0.4, -0.2) is 80.6 Å². The fraction of sp³-hybridized carbons (Fsp3) is 0.720. The summed E-state index contributed by atoms with van der Waals surface area (Å²) in [6.45, 7) is 10.0. The quantitative estimate of drug-likeness (QED) is 0.306. The van der Waals surface area contributed by atoms with Gasteiger partial charge in [0, 0.05) is 17.3 Å². The lowest BCUT2D eigenvalue weighted by Gasteiger charge is -2.67. The standard InChI is InChI=1S/C25H32O10/c1-6-22(4,31)21(30)35-16-15-11(3)17(27)25(32)20-23(5)12(10(2)7-13(26)18(23)28)8-14(34-19(16)29)24(15,20)9-33-25/h7,12,14-18,20,27-28,31-32H,3,6,8-9H2,1-2,4-5H3/t12-,14+,15+,16+,17+,18+,20+,22-,23+,24-,25-/m0/s1. The first-order valence-electron chi connectivity index (χ1n) is 11.9. The molecular formula is C25H32O10. The number of rotatable bonds is 3. The van der Waals surface area contributed by atoms with E-state index in [1.54, 1.807) is 20.8 Å². The van der Waals surface area contributed by atoms with Gasteiger partial charge in [0.1, 0.15) is 18.3 Å². The highest BCUT2D eigenvalue weighted by atomic mass is 16.7. The summed E-state index contributed by atoms with van der Waals surface area (Å²) in [7, 11) is 0. The van der Waals surface area contributed by atoms with Crippen LogP contribution in [0.5, 0.6) is 0 Å². The second-order valence-electron chi connectivity index (χ2n) is 11.3. The molecule has 1 spiro atoms. The Bertz CT molecular complexity index is 1060. The molecule has 11 atom stereocenters. The van der Waals surface area contributed by atoms with Crippen molar-refractivity contribution in [1.29, 1.82) is 0 Å². The molecule has 0 aromatic heterocycles. The van der Waals surface area contributed by atoms with Gasteiger partial charge in [0.05, 0.1) is 12.0 Å². The molecule has 5 aliphatic rings. The maximum absolute atomic E-state index is 13.2. The first-order chi connectivity index (χ1) is 16.2. The Hall–Kier alpha value is -2.11. The molecule has 5 rings (SSSR count). The molecule has 0 aromatic carbocycles. The maximum atomic E-state index is 13.2. The minimum atomic E-state index is -2.22. The van der Waals surface area contributed by atoms with Gasteiger partial charge in [-0.05, 0) is 44.3 Å². The van der Waals surface area contributed by atoms with Crippen LogP contribution in [0.4, 0.5) is 0 Å².